The third-order valence-corrected chi connectivity index (χ3v) is 7.61. The zero-order valence-corrected chi connectivity index (χ0v) is 16.5. The molecule has 3 nitrogen and oxygen atoms in total. The van der Waals surface area contributed by atoms with Crippen molar-refractivity contribution in [3.63, 3.8) is 0 Å². The number of halogens is 2. The molecule has 1 aliphatic carbocycles. The van der Waals surface area contributed by atoms with E-state index in [0.29, 0.717) is 18.0 Å². The Morgan fingerprint density at radius 3 is 2.41 bits per heavy atom. The number of hydrogen-bond donors (Lipinski definition) is 1. The Morgan fingerprint density at radius 1 is 1.04 bits per heavy atom. The van der Waals surface area contributed by atoms with E-state index in [1.54, 1.807) is 12.2 Å². The monoisotopic (exact) mass is 379 g/mol. The molecule has 0 aromatic heterocycles. The predicted molar refractivity (Wildman–Crippen MR) is 106 cm³/mol. The normalized spacial score (nSPS) is 28.1. The summed E-state index contributed by atoms with van der Waals surface area (Å²) in [5, 5.41) is 3.51. The molecule has 0 atom stereocenters. The summed E-state index contributed by atoms with van der Waals surface area (Å²) in [6.45, 7) is 6.32. The van der Waals surface area contributed by atoms with Gasteiger partial charge in [0.1, 0.15) is 0 Å². The minimum absolute atomic E-state index is 0.258. The average Bonchev–Trinajstić information content (AvgIpc) is 2.71. The molecular weight excluding hydrogens is 344 g/mol. The minimum Gasteiger partial charge on any atom is -0.370 e. The lowest BCUT2D eigenvalue weighted by molar-refractivity contribution is 0.0728. The highest BCUT2D eigenvalue weighted by Gasteiger charge is 2.37. The van der Waals surface area contributed by atoms with E-state index in [2.05, 4.69) is 15.1 Å². The van der Waals surface area contributed by atoms with Gasteiger partial charge in [0.15, 0.2) is 0 Å². The summed E-state index contributed by atoms with van der Waals surface area (Å²) < 4.78 is 26.0. The first-order valence-electron chi connectivity index (χ1n) is 11.0. The van der Waals surface area contributed by atoms with E-state index in [1.807, 2.05) is 6.20 Å². The highest BCUT2D eigenvalue weighted by molar-refractivity contribution is 5.21. The SMILES string of the molecule is FC(F)C1=CC=CN(C2CCN(CC3CCC4(CCNCC4)CC3)CC2)C1. The first-order chi connectivity index (χ1) is 13.1. The zero-order valence-electron chi connectivity index (χ0n) is 16.5. The summed E-state index contributed by atoms with van der Waals surface area (Å²) in [6, 6.07) is 0.421. The smallest absolute Gasteiger partial charge is 0.261 e. The Kier molecular flexibility index (Phi) is 6.18. The number of nitrogens with one attached hydrogen (secondary N) is 1. The molecule has 4 aliphatic rings. The Morgan fingerprint density at radius 2 is 1.74 bits per heavy atom. The number of alkyl halides is 2. The molecule has 1 saturated carbocycles. The van der Waals surface area contributed by atoms with Crippen LogP contribution in [0.2, 0.25) is 0 Å². The van der Waals surface area contributed by atoms with Crippen LogP contribution in [-0.4, -0.2) is 61.5 Å². The fourth-order valence-corrected chi connectivity index (χ4v) is 5.71. The standard InChI is InChI=1S/C22H35F2N3/c23-21(24)19-2-1-13-27(17-19)20-5-14-26(15-6-20)16-18-3-7-22(8-4-18)9-11-25-12-10-22/h1-2,13,18,20-21,25H,3-12,14-17H2. The Labute approximate surface area is 162 Å². The van der Waals surface area contributed by atoms with Crippen LogP contribution in [0.25, 0.3) is 0 Å². The fraction of sp³-hybridized carbons (Fsp3) is 0.818. The molecule has 0 aromatic carbocycles. The van der Waals surface area contributed by atoms with E-state index in [-0.39, 0.29) is 5.57 Å². The molecule has 0 radical (unpaired) electrons. The molecule has 27 heavy (non-hydrogen) atoms. The maximum atomic E-state index is 13.0. The van der Waals surface area contributed by atoms with Crippen LogP contribution < -0.4 is 5.32 Å². The third kappa shape index (κ3) is 4.73. The third-order valence-electron chi connectivity index (χ3n) is 7.61. The lowest BCUT2D eigenvalue weighted by Gasteiger charge is -2.45. The van der Waals surface area contributed by atoms with Crippen molar-refractivity contribution in [3.05, 3.63) is 23.9 Å². The highest BCUT2D eigenvalue weighted by Crippen LogP contribution is 2.45. The number of piperidine rings is 2. The molecule has 152 valence electrons. The van der Waals surface area contributed by atoms with Gasteiger partial charge in [0, 0.05) is 37.8 Å². The van der Waals surface area contributed by atoms with E-state index in [1.165, 1.54) is 58.2 Å². The van der Waals surface area contributed by atoms with Gasteiger partial charge < -0.3 is 15.1 Å². The van der Waals surface area contributed by atoms with E-state index in [9.17, 15) is 8.78 Å². The molecule has 0 bridgehead atoms. The van der Waals surface area contributed by atoms with Gasteiger partial charge in [-0.05, 0) is 88.1 Å². The van der Waals surface area contributed by atoms with Gasteiger partial charge in [-0.2, -0.15) is 0 Å². The van der Waals surface area contributed by atoms with Crippen LogP contribution in [0, 0.1) is 11.3 Å². The average molecular weight is 380 g/mol. The van der Waals surface area contributed by atoms with Crippen LogP contribution in [0.4, 0.5) is 8.78 Å². The second kappa shape index (κ2) is 8.60. The quantitative estimate of drug-likeness (QED) is 0.796. The van der Waals surface area contributed by atoms with Crippen LogP contribution in [0.5, 0.6) is 0 Å². The Bertz CT molecular complexity index is 536. The Hall–Kier alpha value is -0.940. The molecule has 1 spiro atoms. The van der Waals surface area contributed by atoms with Crippen molar-refractivity contribution < 1.29 is 8.78 Å². The summed E-state index contributed by atoms with van der Waals surface area (Å²) in [6.07, 6.45) is 13.7. The van der Waals surface area contributed by atoms with Crippen molar-refractivity contribution >= 4 is 0 Å². The van der Waals surface area contributed by atoms with E-state index >= 15 is 0 Å². The van der Waals surface area contributed by atoms with Gasteiger partial charge in [-0.15, -0.1) is 0 Å². The van der Waals surface area contributed by atoms with Crippen LogP contribution >= 0.6 is 0 Å². The topological polar surface area (TPSA) is 18.5 Å². The first-order valence-corrected chi connectivity index (χ1v) is 11.0. The van der Waals surface area contributed by atoms with Crippen molar-refractivity contribution in [2.45, 2.75) is 63.8 Å². The molecule has 2 saturated heterocycles. The summed E-state index contributed by atoms with van der Waals surface area (Å²) in [5.74, 6) is 0.866. The molecule has 1 N–H and O–H groups in total. The van der Waals surface area contributed by atoms with E-state index in [4.69, 9.17) is 0 Å². The predicted octanol–water partition coefficient (Wildman–Crippen LogP) is 4.03. The van der Waals surface area contributed by atoms with Gasteiger partial charge in [0.2, 0.25) is 0 Å². The molecular formula is C22H35F2N3. The fourth-order valence-electron chi connectivity index (χ4n) is 5.71. The number of rotatable bonds is 4. The molecule has 3 fully saturated rings. The van der Waals surface area contributed by atoms with Crippen LogP contribution in [0.3, 0.4) is 0 Å². The largest absolute Gasteiger partial charge is 0.370 e. The summed E-state index contributed by atoms with van der Waals surface area (Å²) >= 11 is 0. The van der Waals surface area contributed by atoms with Gasteiger partial charge in [-0.3, -0.25) is 0 Å². The molecule has 3 aliphatic heterocycles. The maximum Gasteiger partial charge on any atom is 0.261 e. The molecule has 4 rings (SSSR count). The van der Waals surface area contributed by atoms with Crippen molar-refractivity contribution in [3.8, 4) is 0 Å². The molecule has 3 heterocycles. The lowest BCUT2D eigenvalue weighted by atomic mass is 9.65. The molecule has 0 unspecified atom stereocenters. The second-order valence-electron chi connectivity index (χ2n) is 9.28. The molecule has 0 amide bonds. The van der Waals surface area contributed by atoms with E-state index in [0.717, 1.165) is 31.8 Å². The van der Waals surface area contributed by atoms with Gasteiger partial charge in [0.05, 0.1) is 0 Å². The molecule has 0 aromatic rings. The number of nitrogens with zero attached hydrogens (tertiary/aromatic N) is 2. The maximum absolute atomic E-state index is 13.0. The summed E-state index contributed by atoms with van der Waals surface area (Å²) in [7, 11) is 0. The Balaban J connectivity index is 1.19. The van der Waals surface area contributed by atoms with Gasteiger partial charge in [-0.25, -0.2) is 8.78 Å². The van der Waals surface area contributed by atoms with Gasteiger partial charge in [0.25, 0.3) is 6.43 Å². The number of hydrogen-bond acceptors (Lipinski definition) is 3. The number of allylic oxidation sites excluding steroid dienone is 2. The second-order valence-corrected chi connectivity index (χ2v) is 9.28. The number of likely N-dealkylation sites (tertiary alicyclic amines) is 1. The zero-order chi connectivity index (χ0) is 18.7. The van der Waals surface area contributed by atoms with Crippen LogP contribution in [0.1, 0.15) is 51.4 Å². The van der Waals surface area contributed by atoms with Crippen molar-refractivity contribution in [2.24, 2.45) is 11.3 Å². The van der Waals surface area contributed by atoms with Crippen molar-refractivity contribution in [1.82, 2.24) is 15.1 Å². The summed E-state index contributed by atoms with van der Waals surface area (Å²) in [4.78, 5) is 4.78. The molecule has 5 heteroatoms. The van der Waals surface area contributed by atoms with Gasteiger partial charge in [-0.1, -0.05) is 6.08 Å². The first kappa shape index (κ1) is 19.4. The van der Waals surface area contributed by atoms with Crippen LogP contribution in [0.15, 0.2) is 23.9 Å². The van der Waals surface area contributed by atoms with Crippen molar-refractivity contribution in [1.29, 1.82) is 0 Å². The van der Waals surface area contributed by atoms with E-state index < -0.39 is 6.43 Å². The lowest BCUT2D eigenvalue weighted by Crippen LogP contribution is -2.46. The summed E-state index contributed by atoms with van der Waals surface area (Å²) in [5.41, 5.74) is 0.916. The van der Waals surface area contributed by atoms with Crippen LogP contribution in [-0.2, 0) is 0 Å². The minimum atomic E-state index is -2.33. The van der Waals surface area contributed by atoms with Crippen molar-refractivity contribution in [2.75, 3.05) is 39.3 Å². The van der Waals surface area contributed by atoms with Gasteiger partial charge >= 0.3 is 0 Å². The highest BCUT2D eigenvalue weighted by atomic mass is 19.3.